The van der Waals surface area contributed by atoms with E-state index in [9.17, 15) is 18.0 Å². The minimum Gasteiger partial charge on any atom is -0.472 e. The van der Waals surface area contributed by atoms with Crippen molar-refractivity contribution in [1.82, 2.24) is 4.90 Å². The molecule has 23 heavy (non-hydrogen) atoms. The summed E-state index contributed by atoms with van der Waals surface area (Å²) < 4.78 is 33.9. The van der Waals surface area contributed by atoms with Gasteiger partial charge in [-0.2, -0.15) is 0 Å². The van der Waals surface area contributed by atoms with E-state index in [2.05, 4.69) is 0 Å². The van der Waals surface area contributed by atoms with Gasteiger partial charge in [-0.05, 0) is 32.4 Å². The quantitative estimate of drug-likeness (QED) is 0.753. The van der Waals surface area contributed by atoms with Gasteiger partial charge in [0, 0.05) is 6.54 Å². The van der Waals surface area contributed by atoms with Crippen molar-refractivity contribution in [3.63, 3.8) is 0 Å². The van der Waals surface area contributed by atoms with Crippen LogP contribution in [-0.2, 0) is 30.6 Å². The van der Waals surface area contributed by atoms with Crippen LogP contribution in [0.15, 0.2) is 23.0 Å². The van der Waals surface area contributed by atoms with Gasteiger partial charge in [0.15, 0.2) is 9.84 Å². The second kappa shape index (κ2) is 6.35. The number of carbonyl (C=O) groups is 2. The van der Waals surface area contributed by atoms with Gasteiger partial charge in [0.1, 0.15) is 11.6 Å². The van der Waals surface area contributed by atoms with Crippen LogP contribution in [0.5, 0.6) is 0 Å². The van der Waals surface area contributed by atoms with E-state index in [-0.39, 0.29) is 24.6 Å². The summed E-state index contributed by atoms with van der Waals surface area (Å²) in [6.45, 7) is 5.07. The predicted molar refractivity (Wildman–Crippen MR) is 82.4 cm³/mol. The summed E-state index contributed by atoms with van der Waals surface area (Å²) in [5, 5.41) is 0. The Morgan fingerprint density at radius 3 is 2.65 bits per heavy atom. The van der Waals surface area contributed by atoms with Crippen LogP contribution in [0.25, 0.3) is 0 Å². The first-order chi connectivity index (χ1) is 10.6. The third kappa shape index (κ3) is 4.82. The Kier molecular flexibility index (Phi) is 4.84. The van der Waals surface area contributed by atoms with Crippen molar-refractivity contribution in [3.8, 4) is 0 Å². The zero-order valence-electron chi connectivity index (χ0n) is 13.4. The van der Waals surface area contributed by atoms with Gasteiger partial charge < -0.3 is 14.1 Å². The molecule has 0 bridgehead atoms. The summed E-state index contributed by atoms with van der Waals surface area (Å²) in [4.78, 5) is 26.1. The number of hydrogen-bond donors (Lipinski definition) is 0. The van der Waals surface area contributed by atoms with Crippen molar-refractivity contribution in [2.75, 3.05) is 18.1 Å². The van der Waals surface area contributed by atoms with Gasteiger partial charge in [-0.1, -0.05) is 0 Å². The summed E-state index contributed by atoms with van der Waals surface area (Å²) in [6.07, 6.45) is 2.95. The number of esters is 1. The predicted octanol–water partition coefficient (Wildman–Crippen LogP) is 0.789. The number of ether oxygens (including phenoxy) is 1. The molecule has 1 saturated heterocycles. The second-order valence-electron chi connectivity index (χ2n) is 6.56. The third-order valence-electron chi connectivity index (χ3n) is 3.37. The monoisotopic (exact) mass is 343 g/mol. The maximum Gasteiger partial charge on any atom is 0.330 e. The summed E-state index contributed by atoms with van der Waals surface area (Å²) in [5.41, 5.74) is -0.0798. The number of carbonyl (C=O) groups excluding carboxylic acids is 2. The largest absolute Gasteiger partial charge is 0.472 e. The Morgan fingerprint density at radius 1 is 1.39 bits per heavy atom. The first-order valence-corrected chi connectivity index (χ1v) is 9.13. The van der Waals surface area contributed by atoms with Crippen molar-refractivity contribution in [3.05, 3.63) is 24.2 Å². The third-order valence-corrected chi connectivity index (χ3v) is 4.99. The van der Waals surface area contributed by atoms with Crippen molar-refractivity contribution >= 4 is 21.7 Å². The normalized spacial score (nSPS) is 21.0. The standard InChI is InChI=1S/C15H21NO6S/c1-15(2,3)22-14(18)12-10-23(19,20)7-5-16(12)13(17)8-11-4-6-21-9-11/h4,6,9,12H,5,7-8,10H2,1-3H3. The average Bonchev–Trinajstić information content (AvgIpc) is 2.88. The maximum absolute atomic E-state index is 12.4. The lowest BCUT2D eigenvalue weighted by molar-refractivity contribution is -0.163. The number of nitrogens with zero attached hydrogens (tertiary/aromatic N) is 1. The van der Waals surface area contributed by atoms with Gasteiger partial charge in [0.2, 0.25) is 5.91 Å². The van der Waals surface area contributed by atoms with Crippen LogP contribution in [0.2, 0.25) is 0 Å². The van der Waals surface area contributed by atoms with Crippen LogP contribution < -0.4 is 0 Å². The molecule has 1 aromatic heterocycles. The molecule has 2 rings (SSSR count). The zero-order valence-corrected chi connectivity index (χ0v) is 14.3. The van der Waals surface area contributed by atoms with E-state index >= 15 is 0 Å². The van der Waals surface area contributed by atoms with Crippen molar-refractivity contribution in [2.45, 2.75) is 38.8 Å². The number of amides is 1. The Balaban J connectivity index is 2.17. The molecule has 1 fully saturated rings. The molecule has 128 valence electrons. The molecule has 8 heteroatoms. The van der Waals surface area contributed by atoms with Gasteiger partial charge in [0.25, 0.3) is 0 Å². The van der Waals surface area contributed by atoms with E-state index in [1.807, 2.05) is 0 Å². The Hall–Kier alpha value is -1.83. The summed E-state index contributed by atoms with van der Waals surface area (Å²) in [6, 6.07) is 0.550. The van der Waals surface area contributed by atoms with Gasteiger partial charge in [-0.25, -0.2) is 13.2 Å². The molecule has 0 N–H and O–H groups in total. The Labute approximate surface area is 135 Å². The fourth-order valence-corrected chi connectivity index (χ4v) is 3.78. The highest BCUT2D eigenvalue weighted by atomic mass is 32.2. The van der Waals surface area contributed by atoms with E-state index in [0.29, 0.717) is 5.56 Å². The van der Waals surface area contributed by atoms with Crippen molar-refractivity contribution < 1.29 is 27.2 Å². The first-order valence-electron chi connectivity index (χ1n) is 7.31. The summed E-state index contributed by atoms with van der Waals surface area (Å²) in [7, 11) is -3.37. The number of furan rings is 1. The fraction of sp³-hybridized carbons (Fsp3) is 0.600. The lowest BCUT2D eigenvalue weighted by Gasteiger charge is -2.35. The van der Waals surface area contributed by atoms with Crippen LogP contribution in [0.3, 0.4) is 0 Å². The molecule has 1 amide bonds. The molecule has 1 atom stereocenters. The van der Waals surface area contributed by atoms with Crippen molar-refractivity contribution in [1.29, 1.82) is 0 Å². The van der Waals surface area contributed by atoms with Gasteiger partial charge in [-0.15, -0.1) is 0 Å². The number of hydrogen-bond acceptors (Lipinski definition) is 6. The average molecular weight is 343 g/mol. The molecule has 2 heterocycles. The molecular formula is C15H21NO6S. The zero-order chi connectivity index (χ0) is 17.3. The van der Waals surface area contributed by atoms with Crippen LogP contribution in [0, 0.1) is 0 Å². The minimum atomic E-state index is -3.37. The molecule has 1 aliphatic rings. The maximum atomic E-state index is 12.4. The molecule has 1 aliphatic heterocycles. The number of sulfone groups is 1. The van der Waals surface area contributed by atoms with Gasteiger partial charge >= 0.3 is 5.97 Å². The summed E-state index contributed by atoms with van der Waals surface area (Å²) in [5.74, 6) is -1.57. The SMILES string of the molecule is CC(C)(C)OC(=O)C1CS(=O)(=O)CCN1C(=O)Cc1ccoc1. The van der Waals surface area contributed by atoms with Crippen LogP contribution in [-0.4, -0.2) is 54.9 Å². The molecule has 0 spiro atoms. The van der Waals surface area contributed by atoms with Crippen LogP contribution in [0.1, 0.15) is 26.3 Å². The van der Waals surface area contributed by atoms with Crippen LogP contribution >= 0.6 is 0 Å². The highest BCUT2D eigenvalue weighted by Gasteiger charge is 2.40. The van der Waals surface area contributed by atoms with Gasteiger partial charge in [0.05, 0.1) is 30.5 Å². The topological polar surface area (TPSA) is 93.9 Å². The lowest BCUT2D eigenvalue weighted by atomic mass is 10.1. The lowest BCUT2D eigenvalue weighted by Crippen LogP contribution is -2.56. The van der Waals surface area contributed by atoms with Crippen LogP contribution in [0.4, 0.5) is 0 Å². The summed E-state index contributed by atoms with van der Waals surface area (Å²) >= 11 is 0. The molecule has 1 aromatic rings. The molecule has 0 aromatic carbocycles. The fourth-order valence-electron chi connectivity index (χ4n) is 2.34. The highest BCUT2D eigenvalue weighted by molar-refractivity contribution is 7.91. The van der Waals surface area contributed by atoms with Crippen molar-refractivity contribution in [2.24, 2.45) is 0 Å². The highest BCUT2D eigenvalue weighted by Crippen LogP contribution is 2.18. The van der Waals surface area contributed by atoms with E-state index in [1.165, 1.54) is 17.4 Å². The Morgan fingerprint density at radius 2 is 2.09 bits per heavy atom. The second-order valence-corrected chi connectivity index (χ2v) is 8.79. The van der Waals surface area contributed by atoms with E-state index < -0.39 is 33.2 Å². The van der Waals surface area contributed by atoms with Gasteiger partial charge in [-0.3, -0.25) is 4.79 Å². The van der Waals surface area contributed by atoms with E-state index in [1.54, 1.807) is 26.8 Å². The Bertz CT molecular complexity index is 671. The molecule has 0 aliphatic carbocycles. The number of rotatable bonds is 3. The first kappa shape index (κ1) is 17.5. The molecular weight excluding hydrogens is 322 g/mol. The molecule has 7 nitrogen and oxygen atoms in total. The smallest absolute Gasteiger partial charge is 0.330 e. The van der Waals surface area contributed by atoms with E-state index in [0.717, 1.165) is 0 Å². The van der Waals surface area contributed by atoms with E-state index in [4.69, 9.17) is 9.15 Å². The molecule has 0 radical (unpaired) electrons. The minimum absolute atomic E-state index is 0.0110. The molecule has 1 unspecified atom stereocenters. The molecule has 0 saturated carbocycles.